The van der Waals surface area contributed by atoms with Crippen LogP contribution in [-0.4, -0.2) is 75.1 Å². The molecule has 2 amide bonds. The van der Waals surface area contributed by atoms with E-state index < -0.39 is 39.8 Å². The highest BCUT2D eigenvalue weighted by atomic mass is 32.2. The fourth-order valence-corrected chi connectivity index (χ4v) is 8.83. The van der Waals surface area contributed by atoms with E-state index in [4.69, 9.17) is 15.0 Å². The molecule has 1 aromatic carbocycles. The largest absolute Gasteiger partial charge is 0.481 e. The van der Waals surface area contributed by atoms with Crippen LogP contribution in [0.25, 0.3) is 0 Å². The van der Waals surface area contributed by atoms with Gasteiger partial charge in [-0.1, -0.05) is 57.7 Å². The van der Waals surface area contributed by atoms with Gasteiger partial charge in [0.1, 0.15) is 6.04 Å². The third kappa shape index (κ3) is 9.95. The summed E-state index contributed by atoms with van der Waals surface area (Å²) in [7, 11) is -4.22. The van der Waals surface area contributed by atoms with Gasteiger partial charge in [0, 0.05) is 19.5 Å². The number of nitrogens with two attached hydrogens (primary N) is 1. The summed E-state index contributed by atoms with van der Waals surface area (Å²) in [6, 6.07) is 7.21. The normalized spacial score (nSPS) is 25.3. The zero-order chi connectivity index (χ0) is 36.7. The Kier molecular flexibility index (Phi) is 13.3. The molecule has 4 fully saturated rings. The number of carbonyl (C=O) groups is 2. The molecule has 1 heterocycles. The van der Waals surface area contributed by atoms with E-state index in [-0.39, 0.29) is 66.0 Å². The van der Waals surface area contributed by atoms with Gasteiger partial charge in [-0.15, -0.1) is 0 Å². The molecule has 5 rings (SSSR count). The molecule has 0 aromatic heterocycles. The second-order valence-electron chi connectivity index (χ2n) is 15.0. The first kappa shape index (κ1) is 39.5. The Labute approximate surface area is 296 Å². The van der Waals surface area contributed by atoms with Gasteiger partial charge >= 0.3 is 7.12 Å². The summed E-state index contributed by atoms with van der Waals surface area (Å²) in [5, 5.41) is 15.8. The van der Waals surface area contributed by atoms with Crippen molar-refractivity contribution in [2.45, 2.75) is 121 Å². The number of aliphatic imine (C=N–C) groups is 1. The zero-order valence-corrected chi connectivity index (χ0v) is 30.7. The van der Waals surface area contributed by atoms with Crippen molar-refractivity contribution >= 4 is 34.9 Å². The van der Waals surface area contributed by atoms with Gasteiger partial charge in [0.2, 0.25) is 21.8 Å². The number of nitro groups is 1. The molecule has 3 saturated carbocycles. The second-order valence-corrected chi connectivity index (χ2v) is 16.8. The first-order valence-corrected chi connectivity index (χ1v) is 19.2. The number of nitrogens with one attached hydrogen (secondary N) is 4. The molecule has 15 nitrogen and oxygen atoms in total. The van der Waals surface area contributed by atoms with Crippen LogP contribution in [0.5, 0.6) is 0 Å². The van der Waals surface area contributed by atoms with Crippen molar-refractivity contribution in [3.63, 3.8) is 0 Å². The number of hydrazine groups is 1. The molecule has 278 valence electrons. The third-order valence-electron chi connectivity index (χ3n) is 10.6. The van der Waals surface area contributed by atoms with Crippen LogP contribution in [0.4, 0.5) is 0 Å². The third-order valence-corrected chi connectivity index (χ3v) is 12.0. The summed E-state index contributed by atoms with van der Waals surface area (Å²) in [6.07, 6.45) is 4.92. The topological polar surface area (TPSA) is 216 Å². The first-order chi connectivity index (χ1) is 23.5. The molecule has 6 atom stereocenters. The molecule has 2 bridgehead atoms. The van der Waals surface area contributed by atoms with E-state index in [1.165, 1.54) is 12.1 Å². The Hall–Kier alpha value is -3.28. The lowest BCUT2D eigenvalue weighted by Crippen LogP contribution is -2.65. The number of carbonyl (C=O) groups excluding carboxylic acids is 2. The fraction of sp³-hybridized carbons (Fsp3) is 0.727. The molecule has 1 saturated heterocycles. The summed E-state index contributed by atoms with van der Waals surface area (Å²) < 4.78 is 40.6. The number of hydrogen-bond donors (Lipinski definition) is 5. The molecule has 0 unspecified atom stereocenters. The Bertz CT molecular complexity index is 1480. The number of amides is 2. The minimum atomic E-state index is -3.60. The van der Waals surface area contributed by atoms with Gasteiger partial charge in [-0.05, 0) is 87.2 Å². The van der Waals surface area contributed by atoms with Crippen LogP contribution < -0.4 is 26.5 Å². The molecule has 1 aromatic rings. The van der Waals surface area contributed by atoms with Crippen LogP contribution in [0.2, 0.25) is 0 Å². The smallest absolute Gasteiger partial charge is 0.404 e. The Balaban J connectivity index is 1.33. The number of guanidine groups is 1. The lowest BCUT2D eigenvalue weighted by Gasteiger charge is -2.64. The molecule has 17 heteroatoms. The van der Waals surface area contributed by atoms with Crippen LogP contribution in [0.15, 0.2) is 40.2 Å². The molecule has 0 spiro atoms. The SMILES string of the molecule is CC(C)C[C@H](NC(=O)[C@H](CCCN=C(N)N[N+](=O)[O-])NC(=O)CCCCCNS(=O)(=O)c1ccccc1)B1O[C@@H]2C[C@@H]3C[C@@H](C3(C)C)[C@]2(C)O1. The second kappa shape index (κ2) is 16.8. The van der Waals surface area contributed by atoms with Crippen LogP contribution in [0, 0.1) is 33.3 Å². The van der Waals surface area contributed by atoms with Gasteiger partial charge < -0.3 is 25.7 Å². The monoisotopic (exact) mass is 719 g/mol. The van der Waals surface area contributed by atoms with Crippen molar-refractivity contribution in [1.29, 1.82) is 0 Å². The lowest BCUT2D eigenvalue weighted by molar-refractivity contribution is -0.525. The van der Waals surface area contributed by atoms with Gasteiger partial charge in [-0.2, -0.15) is 0 Å². The summed E-state index contributed by atoms with van der Waals surface area (Å²) in [6.45, 7) is 11.2. The van der Waals surface area contributed by atoms with Crippen LogP contribution in [0.1, 0.15) is 92.4 Å². The average molecular weight is 720 g/mol. The number of hydrogen-bond acceptors (Lipinski definition) is 9. The highest BCUT2D eigenvalue weighted by Crippen LogP contribution is 2.65. The van der Waals surface area contributed by atoms with E-state index in [0.29, 0.717) is 43.9 Å². The maximum absolute atomic E-state index is 13.8. The molecule has 1 aliphatic heterocycles. The Morgan fingerprint density at radius 1 is 1.10 bits per heavy atom. The van der Waals surface area contributed by atoms with E-state index in [9.17, 15) is 28.1 Å². The molecule has 50 heavy (non-hydrogen) atoms. The van der Waals surface area contributed by atoms with E-state index >= 15 is 0 Å². The maximum Gasteiger partial charge on any atom is 0.481 e. The lowest BCUT2D eigenvalue weighted by atomic mass is 9.43. The number of sulfonamides is 1. The van der Waals surface area contributed by atoms with Crippen molar-refractivity contribution < 1.29 is 32.3 Å². The first-order valence-electron chi connectivity index (χ1n) is 17.7. The fourth-order valence-electron chi connectivity index (χ4n) is 7.74. The highest BCUT2D eigenvalue weighted by molar-refractivity contribution is 7.89. The summed E-state index contributed by atoms with van der Waals surface area (Å²) in [5.74, 6) is -0.310. The summed E-state index contributed by atoms with van der Waals surface area (Å²) >= 11 is 0. The minimum absolute atomic E-state index is 0.0453. The predicted octanol–water partition coefficient (Wildman–Crippen LogP) is 2.68. The van der Waals surface area contributed by atoms with E-state index in [0.717, 1.165) is 12.8 Å². The number of unbranched alkanes of at least 4 members (excludes halogenated alkanes) is 2. The zero-order valence-electron chi connectivity index (χ0n) is 29.9. The molecular weight excluding hydrogens is 665 g/mol. The molecule has 0 radical (unpaired) electrons. The highest BCUT2D eigenvalue weighted by Gasteiger charge is 2.68. The summed E-state index contributed by atoms with van der Waals surface area (Å²) in [4.78, 5) is 41.6. The van der Waals surface area contributed by atoms with Crippen LogP contribution >= 0.6 is 0 Å². The molecule has 6 N–H and O–H groups in total. The maximum atomic E-state index is 13.8. The average Bonchev–Trinajstić information content (AvgIpc) is 3.41. The van der Waals surface area contributed by atoms with Crippen molar-refractivity contribution in [2.24, 2.45) is 33.9 Å². The van der Waals surface area contributed by atoms with Crippen molar-refractivity contribution in [3.8, 4) is 0 Å². The molecule has 3 aliphatic carbocycles. The van der Waals surface area contributed by atoms with Crippen LogP contribution in [-0.2, 0) is 28.9 Å². The molecule has 4 aliphatic rings. The van der Waals surface area contributed by atoms with Gasteiger partial charge in [-0.3, -0.25) is 9.59 Å². The van der Waals surface area contributed by atoms with E-state index in [1.807, 2.05) is 0 Å². The Morgan fingerprint density at radius 3 is 2.48 bits per heavy atom. The van der Waals surface area contributed by atoms with Crippen molar-refractivity contribution in [3.05, 3.63) is 40.4 Å². The minimum Gasteiger partial charge on any atom is -0.404 e. The van der Waals surface area contributed by atoms with Crippen molar-refractivity contribution in [1.82, 2.24) is 20.8 Å². The Morgan fingerprint density at radius 2 is 1.82 bits per heavy atom. The van der Waals surface area contributed by atoms with Crippen molar-refractivity contribution in [2.75, 3.05) is 13.1 Å². The summed E-state index contributed by atoms with van der Waals surface area (Å²) in [5.41, 5.74) is 7.05. The van der Waals surface area contributed by atoms with Gasteiger partial charge in [0.25, 0.3) is 5.96 Å². The number of rotatable bonds is 19. The van der Waals surface area contributed by atoms with Gasteiger partial charge in [0.15, 0.2) is 5.03 Å². The predicted molar refractivity (Wildman–Crippen MR) is 189 cm³/mol. The number of nitrogens with zero attached hydrogens (tertiary/aromatic N) is 2. The van der Waals surface area contributed by atoms with Gasteiger partial charge in [-0.25, -0.2) is 28.2 Å². The standard InChI is InChI=1S/C33H54BN7O8S/c1-22(2)19-28(34-48-27-21-23-20-26(32(23,3)4)33(27,5)49-34)39-30(43)25(15-12-17-36-31(35)40-41(44)45)38-29(42)16-10-7-11-18-37-50(46,47)24-13-8-6-9-14-24/h6,8-9,13-14,22-23,25-28,37H,7,10-12,15-21H2,1-5H3,(H,38,42)(H,39,43)(H3,35,36,40)/t23-,25-,26-,27+,28-,33-/m0/s1. The van der Waals surface area contributed by atoms with Crippen LogP contribution in [0.3, 0.4) is 0 Å². The van der Waals surface area contributed by atoms with E-state index in [1.54, 1.807) is 23.6 Å². The van der Waals surface area contributed by atoms with E-state index in [2.05, 4.69) is 55.0 Å². The number of benzene rings is 1. The quantitative estimate of drug-likeness (QED) is 0.0352. The molecular formula is C33H54BN7O8S. The van der Waals surface area contributed by atoms with Gasteiger partial charge in [0.05, 0.1) is 22.5 Å².